The van der Waals surface area contributed by atoms with Crippen molar-refractivity contribution >= 4 is 17.4 Å². The van der Waals surface area contributed by atoms with Crippen LogP contribution in [0.4, 0.5) is 5.82 Å². The smallest absolute Gasteiger partial charge is 0.256 e. The third-order valence-electron chi connectivity index (χ3n) is 5.46. The molecule has 6 nitrogen and oxygen atoms in total. The van der Waals surface area contributed by atoms with Crippen LogP contribution < -0.4 is 5.32 Å². The minimum Gasteiger partial charge on any atom is -0.306 e. The number of carbonyl (C=O) groups excluding carboxylic acids is 1. The van der Waals surface area contributed by atoms with Gasteiger partial charge in [-0.25, -0.2) is 4.98 Å². The lowest BCUT2D eigenvalue weighted by atomic mass is 10.1. The number of hydrogen-bond acceptors (Lipinski definition) is 3. The van der Waals surface area contributed by atoms with E-state index in [4.69, 9.17) is 4.98 Å². The Labute approximate surface area is 186 Å². The van der Waals surface area contributed by atoms with Crippen LogP contribution in [0.3, 0.4) is 0 Å². The number of benzene rings is 2. The molecule has 0 radical (unpaired) electrons. The zero-order chi connectivity index (χ0) is 22.1. The summed E-state index contributed by atoms with van der Waals surface area (Å²) >= 11 is 0. The van der Waals surface area contributed by atoms with Crippen LogP contribution in [-0.4, -0.2) is 25.1 Å². The quantitative estimate of drug-likeness (QED) is 0.429. The summed E-state index contributed by atoms with van der Waals surface area (Å²) in [5, 5.41) is 7.58. The molecular weight excluding hydrogens is 398 g/mol. The highest BCUT2D eigenvalue weighted by molar-refractivity contribution is 6.05. The minimum absolute atomic E-state index is 0.175. The van der Waals surface area contributed by atoms with Crippen molar-refractivity contribution in [3.63, 3.8) is 0 Å². The fourth-order valence-corrected chi connectivity index (χ4v) is 3.86. The van der Waals surface area contributed by atoms with Crippen LogP contribution in [0.2, 0.25) is 0 Å². The molecule has 0 atom stereocenters. The third kappa shape index (κ3) is 3.78. The molecule has 158 valence electrons. The topological polar surface area (TPSA) is 64.2 Å². The van der Waals surface area contributed by atoms with Crippen molar-refractivity contribution in [1.82, 2.24) is 19.2 Å². The van der Waals surface area contributed by atoms with E-state index < -0.39 is 0 Å². The van der Waals surface area contributed by atoms with Gasteiger partial charge in [0.15, 0.2) is 0 Å². The first kappa shape index (κ1) is 19.8. The number of carbonyl (C=O) groups is 1. The van der Waals surface area contributed by atoms with E-state index in [2.05, 4.69) is 16.5 Å². The number of aromatic nitrogens is 4. The van der Waals surface area contributed by atoms with Crippen LogP contribution in [0.15, 0.2) is 85.1 Å². The number of aryl methyl sites for hydroxylation is 2. The van der Waals surface area contributed by atoms with Gasteiger partial charge in [-0.1, -0.05) is 48.5 Å². The standard InChI is InChI=1S/C26H23N5O/c1-18-16-19(2)31(29-18)17-20-11-13-22(14-12-20)26(32)28-25-24(21-8-4-3-5-9-21)27-23-10-6-7-15-30(23)25/h3-16H,17H2,1-2H3,(H,28,32). The Morgan fingerprint density at radius 3 is 2.41 bits per heavy atom. The number of nitrogens with zero attached hydrogens (tertiary/aromatic N) is 4. The minimum atomic E-state index is -0.175. The zero-order valence-electron chi connectivity index (χ0n) is 18.0. The third-order valence-corrected chi connectivity index (χ3v) is 5.46. The number of nitrogens with one attached hydrogen (secondary N) is 1. The Balaban J connectivity index is 1.42. The number of imidazole rings is 1. The van der Waals surface area contributed by atoms with Crippen molar-refractivity contribution in [2.75, 3.05) is 5.32 Å². The normalized spacial score (nSPS) is 11.1. The molecule has 0 aliphatic carbocycles. The van der Waals surface area contributed by atoms with Crippen LogP contribution in [0.1, 0.15) is 27.3 Å². The Morgan fingerprint density at radius 1 is 0.938 bits per heavy atom. The van der Waals surface area contributed by atoms with E-state index in [-0.39, 0.29) is 5.91 Å². The lowest BCUT2D eigenvalue weighted by Crippen LogP contribution is -2.14. The molecule has 0 saturated heterocycles. The Morgan fingerprint density at radius 2 is 1.69 bits per heavy atom. The van der Waals surface area contributed by atoms with Gasteiger partial charge >= 0.3 is 0 Å². The second-order valence-corrected chi connectivity index (χ2v) is 7.84. The van der Waals surface area contributed by atoms with Crippen molar-refractivity contribution < 1.29 is 4.79 Å². The summed E-state index contributed by atoms with van der Waals surface area (Å²) < 4.78 is 3.87. The Hall–Kier alpha value is -4.19. The van der Waals surface area contributed by atoms with Gasteiger partial charge in [-0.3, -0.25) is 13.9 Å². The maximum Gasteiger partial charge on any atom is 0.256 e. The van der Waals surface area contributed by atoms with Gasteiger partial charge in [0.25, 0.3) is 5.91 Å². The van der Waals surface area contributed by atoms with Gasteiger partial charge in [-0.15, -0.1) is 0 Å². The fraction of sp³-hybridized carbons (Fsp3) is 0.115. The number of fused-ring (bicyclic) bond motifs is 1. The van der Waals surface area contributed by atoms with Crippen LogP contribution in [0.25, 0.3) is 16.9 Å². The molecule has 0 unspecified atom stereocenters. The summed E-state index contributed by atoms with van der Waals surface area (Å²) in [5.41, 5.74) is 6.27. The van der Waals surface area contributed by atoms with Crippen LogP contribution in [0.5, 0.6) is 0 Å². The van der Waals surface area contributed by atoms with E-state index in [1.165, 1.54) is 0 Å². The molecule has 0 spiro atoms. The number of pyridine rings is 1. The molecule has 3 aromatic heterocycles. The molecule has 2 aromatic carbocycles. The lowest BCUT2D eigenvalue weighted by molar-refractivity contribution is 0.102. The SMILES string of the molecule is Cc1cc(C)n(Cc2ccc(C(=O)Nc3c(-c4ccccc4)nc4ccccn34)cc2)n1. The average molecular weight is 422 g/mol. The summed E-state index contributed by atoms with van der Waals surface area (Å²) in [6.45, 7) is 4.70. The van der Waals surface area contributed by atoms with Crippen molar-refractivity contribution in [2.24, 2.45) is 0 Å². The van der Waals surface area contributed by atoms with Gasteiger partial charge in [0.1, 0.15) is 17.2 Å². The highest BCUT2D eigenvalue weighted by Crippen LogP contribution is 2.29. The molecule has 1 amide bonds. The molecule has 32 heavy (non-hydrogen) atoms. The molecule has 6 heteroatoms. The molecule has 0 fully saturated rings. The maximum absolute atomic E-state index is 13.1. The van der Waals surface area contributed by atoms with Crippen LogP contribution >= 0.6 is 0 Å². The predicted octanol–water partition coefficient (Wildman–Crippen LogP) is 5.12. The van der Waals surface area contributed by atoms with Crippen LogP contribution in [-0.2, 0) is 6.54 Å². The summed E-state index contributed by atoms with van der Waals surface area (Å²) in [5.74, 6) is 0.481. The second kappa shape index (κ2) is 8.15. The van der Waals surface area contributed by atoms with Gasteiger partial charge in [0.05, 0.1) is 12.2 Å². The zero-order valence-corrected chi connectivity index (χ0v) is 18.0. The Kier molecular flexibility index (Phi) is 5.03. The van der Waals surface area contributed by atoms with Gasteiger partial charge < -0.3 is 5.32 Å². The van der Waals surface area contributed by atoms with E-state index in [0.717, 1.165) is 33.9 Å². The molecule has 3 heterocycles. The number of rotatable bonds is 5. The van der Waals surface area contributed by atoms with E-state index in [1.807, 2.05) is 102 Å². The highest BCUT2D eigenvalue weighted by Gasteiger charge is 2.17. The molecule has 0 aliphatic rings. The van der Waals surface area contributed by atoms with E-state index >= 15 is 0 Å². The first-order chi connectivity index (χ1) is 15.6. The molecule has 5 rings (SSSR count). The summed E-state index contributed by atoms with van der Waals surface area (Å²) in [7, 11) is 0. The largest absolute Gasteiger partial charge is 0.306 e. The summed E-state index contributed by atoms with van der Waals surface area (Å²) in [6, 6.07) is 25.4. The highest BCUT2D eigenvalue weighted by atomic mass is 16.1. The predicted molar refractivity (Wildman–Crippen MR) is 126 cm³/mol. The molecular formula is C26H23N5O. The van der Waals surface area contributed by atoms with Gasteiger partial charge in [-0.2, -0.15) is 5.10 Å². The lowest BCUT2D eigenvalue weighted by Gasteiger charge is -2.09. The van der Waals surface area contributed by atoms with Crippen molar-refractivity contribution in [2.45, 2.75) is 20.4 Å². The average Bonchev–Trinajstić information content (AvgIpc) is 3.33. The molecule has 0 bridgehead atoms. The van der Waals surface area contributed by atoms with Crippen molar-refractivity contribution in [3.05, 3.63) is 108 Å². The Bertz CT molecular complexity index is 1400. The van der Waals surface area contributed by atoms with E-state index in [0.29, 0.717) is 17.9 Å². The van der Waals surface area contributed by atoms with Crippen LogP contribution in [0, 0.1) is 13.8 Å². The van der Waals surface area contributed by atoms with Gasteiger partial charge in [0.2, 0.25) is 0 Å². The number of amides is 1. The monoisotopic (exact) mass is 421 g/mol. The molecule has 1 N–H and O–H groups in total. The van der Waals surface area contributed by atoms with E-state index in [1.54, 1.807) is 0 Å². The van der Waals surface area contributed by atoms with Crippen molar-refractivity contribution in [3.8, 4) is 11.3 Å². The molecule has 5 aromatic rings. The summed E-state index contributed by atoms with van der Waals surface area (Å²) in [6.07, 6.45) is 1.90. The van der Waals surface area contributed by atoms with E-state index in [9.17, 15) is 4.79 Å². The number of hydrogen-bond donors (Lipinski definition) is 1. The van der Waals surface area contributed by atoms with Crippen molar-refractivity contribution in [1.29, 1.82) is 0 Å². The second-order valence-electron chi connectivity index (χ2n) is 7.84. The van der Waals surface area contributed by atoms with Gasteiger partial charge in [-0.05, 0) is 49.7 Å². The maximum atomic E-state index is 13.1. The van der Waals surface area contributed by atoms with Gasteiger partial charge in [0, 0.05) is 23.0 Å². The first-order valence-electron chi connectivity index (χ1n) is 10.5. The fourth-order valence-electron chi connectivity index (χ4n) is 3.86. The molecule has 0 aliphatic heterocycles. The summed E-state index contributed by atoms with van der Waals surface area (Å²) in [4.78, 5) is 17.8. The number of anilines is 1. The molecule has 0 saturated carbocycles. The first-order valence-corrected chi connectivity index (χ1v) is 10.5.